The number of rotatable bonds is 17. The Morgan fingerprint density at radius 1 is 0.900 bits per heavy atom. The van der Waals surface area contributed by atoms with Crippen LogP contribution in [0.3, 0.4) is 0 Å². The highest BCUT2D eigenvalue weighted by Crippen LogP contribution is 2.30. The zero-order valence-corrected chi connectivity index (χ0v) is 31.2. The first-order chi connectivity index (χ1) is 23.6. The normalized spacial score (nSPS) is 16.1. The summed E-state index contributed by atoms with van der Waals surface area (Å²) < 4.78 is 18.3. The Labute approximate surface area is 300 Å². The van der Waals surface area contributed by atoms with Crippen LogP contribution in [0.1, 0.15) is 98.3 Å². The van der Waals surface area contributed by atoms with Crippen molar-refractivity contribution in [2.24, 2.45) is 0 Å². The maximum absolute atomic E-state index is 13.0. The van der Waals surface area contributed by atoms with Crippen LogP contribution in [0.4, 0.5) is 15.4 Å². The van der Waals surface area contributed by atoms with Crippen molar-refractivity contribution in [2.75, 3.05) is 37.3 Å². The molecule has 1 fully saturated rings. The van der Waals surface area contributed by atoms with E-state index in [0.29, 0.717) is 44.8 Å². The van der Waals surface area contributed by atoms with Crippen LogP contribution < -0.4 is 11.0 Å². The summed E-state index contributed by atoms with van der Waals surface area (Å²) in [7, 11) is 0. The van der Waals surface area contributed by atoms with Gasteiger partial charge in [-0.25, -0.2) is 14.4 Å². The number of amides is 3. The quantitative estimate of drug-likeness (QED) is 0.182. The van der Waals surface area contributed by atoms with E-state index in [1.54, 1.807) is 15.9 Å². The highest BCUT2D eigenvalue weighted by Gasteiger charge is 2.28. The molecule has 2 aromatic rings. The molecule has 278 valence electrons. The van der Waals surface area contributed by atoms with Crippen molar-refractivity contribution in [2.45, 2.75) is 116 Å². The summed E-state index contributed by atoms with van der Waals surface area (Å²) in [6.07, 6.45) is 4.86. The van der Waals surface area contributed by atoms with Crippen LogP contribution in [0.15, 0.2) is 47.4 Å². The molecule has 14 heteroatoms. The third kappa shape index (κ3) is 15.1. The number of anilines is 1. The summed E-state index contributed by atoms with van der Waals surface area (Å²) in [5, 5.41) is 11.9. The zero-order valence-electron chi connectivity index (χ0n) is 30.4. The number of aliphatic hydroxyl groups excluding tert-OH is 1. The van der Waals surface area contributed by atoms with Crippen molar-refractivity contribution in [3.05, 3.63) is 58.6 Å². The molecule has 3 amide bonds. The molecule has 2 heterocycles. The summed E-state index contributed by atoms with van der Waals surface area (Å²) in [5.74, 6) is 0.443. The van der Waals surface area contributed by atoms with Crippen molar-refractivity contribution in [1.82, 2.24) is 19.4 Å². The number of hydrogen-bond acceptors (Lipinski definition) is 10. The lowest BCUT2D eigenvalue weighted by Gasteiger charge is -2.28. The minimum atomic E-state index is -0.627. The summed E-state index contributed by atoms with van der Waals surface area (Å²) in [6, 6.07) is 11.4. The minimum Gasteiger partial charge on any atom is -0.444 e. The highest BCUT2D eigenvalue weighted by atomic mass is 32.2. The van der Waals surface area contributed by atoms with E-state index in [4.69, 9.17) is 14.2 Å². The van der Waals surface area contributed by atoms with E-state index in [9.17, 15) is 24.3 Å². The van der Waals surface area contributed by atoms with Gasteiger partial charge in [-0.05, 0) is 85.3 Å². The molecule has 0 spiro atoms. The number of nitrogens with one attached hydrogen (secondary N) is 1. The second-order valence-electron chi connectivity index (χ2n) is 14.3. The highest BCUT2D eigenvalue weighted by molar-refractivity contribution is 8.00. The van der Waals surface area contributed by atoms with Gasteiger partial charge >= 0.3 is 17.9 Å². The Balaban J connectivity index is 1.43. The molecule has 1 aliphatic heterocycles. The van der Waals surface area contributed by atoms with Gasteiger partial charge in [0.25, 0.3) is 0 Å². The molecule has 1 aliphatic rings. The molecule has 1 saturated heterocycles. The van der Waals surface area contributed by atoms with E-state index in [1.807, 2.05) is 71.9 Å². The van der Waals surface area contributed by atoms with E-state index < -0.39 is 23.1 Å². The largest absolute Gasteiger partial charge is 0.444 e. The average molecular weight is 718 g/mol. The predicted octanol–water partition coefficient (Wildman–Crippen LogP) is 6.17. The lowest BCUT2D eigenvalue weighted by molar-refractivity contribution is -0.116. The summed E-state index contributed by atoms with van der Waals surface area (Å²) in [5.41, 5.74) is -1.10. The summed E-state index contributed by atoms with van der Waals surface area (Å²) in [4.78, 5) is 58.4. The Bertz CT molecular complexity index is 1430. The first kappa shape index (κ1) is 40.8. The lowest BCUT2D eigenvalue weighted by atomic mass is 10.1. The number of aliphatic hydroxyl groups is 1. The molecular weight excluding hydrogens is 662 g/mol. The Kier molecular flexibility index (Phi) is 16.1. The number of thioether (sulfide) groups is 1. The van der Waals surface area contributed by atoms with Gasteiger partial charge in [-0.1, -0.05) is 36.8 Å². The van der Waals surface area contributed by atoms with Gasteiger partial charge in [-0.15, -0.1) is 11.8 Å². The van der Waals surface area contributed by atoms with Crippen molar-refractivity contribution < 1.29 is 33.7 Å². The Morgan fingerprint density at radius 3 is 2.04 bits per heavy atom. The van der Waals surface area contributed by atoms with E-state index in [2.05, 4.69) is 10.3 Å². The van der Waals surface area contributed by atoms with Gasteiger partial charge in [0.15, 0.2) is 0 Å². The molecule has 3 rings (SSSR count). The van der Waals surface area contributed by atoms with Crippen LogP contribution in [0.25, 0.3) is 0 Å². The number of unbranched alkanes of at least 4 members (excludes halogenated alkanes) is 4. The first-order valence-electron chi connectivity index (χ1n) is 17.4. The van der Waals surface area contributed by atoms with Crippen LogP contribution in [0.5, 0.6) is 0 Å². The molecular formula is C36H55N5O8S. The topological polar surface area (TPSA) is 153 Å². The van der Waals surface area contributed by atoms with Crippen LogP contribution in [-0.2, 0) is 25.5 Å². The van der Waals surface area contributed by atoms with E-state index >= 15 is 0 Å². The van der Waals surface area contributed by atoms with Crippen LogP contribution in [0, 0.1) is 0 Å². The van der Waals surface area contributed by atoms with Crippen LogP contribution in [0.2, 0.25) is 0 Å². The van der Waals surface area contributed by atoms with Gasteiger partial charge in [-0.3, -0.25) is 9.36 Å². The Hall–Kier alpha value is -3.62. The van der Waals surface area contributed by atoms with Crippen LogP contribution in [-0.4, -0.2) is 91.2 Å². The molecule has 0 aliphatic carbocycles. The van der Waals surface area contributed by atoms with Crippen LogP contribution >= 0.6 is 11.8 Å². The Morgan fingerprint density at radius 2 is 1.48 bits per heavy atom. The maximum atomic E-state index is 13.0. The summed E-state index contributed by atoms with van der Waals surface area (Å²) >= 11 is 1.42. The standard InChI is InChI=1S/C36H55N5O8S/c1-35(2,3)48-33(45)39(21-14-9-15-22-40(34(46)49-36(4,5)6)24-27-16-10-7-11-17-27)20-13-8-12-18-29(43)37-28-19-23-41(32(44)38-28)30-26-50-31(25-42)47-30/h7,10-11,16-17,19,23,30-31,42H,8-9,12-15,18,20-22,24-26H2,1-6H3,(H,37,38,43,44)/t30-,31+/m1/s1. The number of aromatic nitrogens is 2. The van der Waals surface area contributed by atoms with Crippen molar-refractivity contribution in [3.63, 3.8) is 0 Å². The third-order valence-corrected chi connectivity index (χ3v) is 8.61. The number of nitrogens with zero attached hydrogens (tertiary/aromatic N) is 4. The third-order valence-electron chi connectivity index (χ3n) is 7.50. The zero-order chi connectivity index (χ0) is 36.7. The van der Waals surface area contributed by atoms with E-state index in [0.717, 1.165) is 31.2 Å². The minimum absolute atomic E-state index is 0.135. The van der Waals surface area contributed by atoms with Crippen molar-refractivity contribution >= 4 is 35.7 Å². The smallest absolute Gasteiger partial charge is 0.410 e. The second kappa shape index (κ2) is 19.7. The molecule has 2 N–H and O–H groups in total. The summed E-state index contributed by atoms with van der Waals surface area (Å²) in [6.45, 7) is 12.9. The fraction of sp³-hybridized carbons (Fsp3) is 0.639. The van der Waals surface area contributed by atoms with Crippen molar-refractivity contribution in [3.8, 4) is 0 Å². The lowest BCUT2D eigenvalue weighted by Crippen LogP contribution is -2.38. The van der Waals surface area contributed by atoms with Gasteiger partial charge in [0.05, 0.1) is 6.61 Å². The average Bonchev–Trinajstić information content (AvgIpc) is 3.51. The molecule has 50 heavy (non-hydrogen) atoms. The van der Waals surface area contributed by atoms with Gasteiger partial charge in [-0.2, -0.15) is 4.98 Å². The SMILES string of the molecule is CC(C)(C)OC(=O)N(CCCCCC(=O)Nc1ccn([C@H]2CS[C@@H](CO)O2)c(=O)n1)CCCCCN(Cc1ccccc1)C(=O)OC(C)(C)C. The maximum Gasteiger partial charge on any atom is 0.410 e. The number of carbonyl (C=O) groups excluding carboxylic acids is 3. The molecule has 2 atom stereocenters. The molecule has 1 aromatic heterocycles. The fourth-order valence-electron chi connectivity index (χ4n) is 5.13. The van der Waals surface area contributed by atoms with Gasteiger partial charge in [0, 0.05) is 44.5 Å². The molecule has 1 aromatic carbocycles. The first-order valence-corrected chi connectivity index (χ1v) is 18.4. The number of carbonyl (C=O) groups is 3. The van der Waals surface area contributed by atoms with Gasteiger partial charge < -0.3 is 34.4 Å². The number of hydrogen-bond donors (Lipinski definition) is 2. The number of benzene rings is 1. The monoisotopic (exact) mass is 717 g/mol. The fourth-order valence-corrected chi connectivity index (χ4v) is 6.06. The van der Waals surface area contributed by atoms with Gasteiger partial charge in [0.1, 0.15) is 28.7 Å². The molecule has 0 bridgehead atoms. The van der Waals surface area contributed by atoms with E-state index in [-0.39, 0.29) is 42.4 Å². The predicted molar refractivity (Wildman–Crippen MR) is 194 cm³/mol. The van der Waals surface area contributed by atoms with Crippen molar-refractivity contribution in [1.29, 1.82) is 0 Å². The molecule has 0 unspecified atom stereocenters. The molecule has 13 nitrogen and oxygen atoms in total. The number of ether oxygens (including phenoxy) is 3. The van der Waals surface area contributed by atoms with E-state index in [1.165, 1.54) is 22.5 Å². The molecule has 0 saturated carbocycles. The van der Waals surface area contributed by atoms with Gasteiger partial charge in [0.2, 0.25) is 5.91 Å². The second-order valence-corrected chi connectivity index (χ2v) is 15.5. The molecule has 0 radical (unpaired) electrons.